The van der Waals surface area contributed by atoms with Gasteiger partial charge in [-0.05, 0) is 43.7 Å². The van der Waals surface area contributed by atoms with Crippen molar-refractivity contribution in [2.75, 3.05) is 19.5 Å². The van der Waals surface area contributed by atoms with Crippen LogP contribution in [-0.4, -0.2) is 40.1 Å². The predicted octanol–water partition coefficient (Wildman–Crippen LogP) is 3.54. The van der Waals surface area contributed by atoms with E-state index in [9.17, 15) is 4.79 Å². The molecule has 0 saturated carbocycles. The number of aromatic nitrogens is 3. The van der Waals surface area contributed by atoms with Crippen molar-refractivity contribution in [3.05, 3.63) is 59.4 Å². The van der Waals surface area contributed by atoms with Crippen molar-refractivity contribution < 1.29 is 19.0 Å². The van der Waals surface area contributed by atoms with E-state index in [4.69, 9.17) is 14.2 Å². The highest BCUT2D eigenvalue weighted by Gasteiger charge is 2.26. The molecule has 0 radical (unpaired) electrons. The minimum atomic E-state index is -0.199. The first-order valence-electron chi connectivity index (χ1n) is 10.4. The van der Waals surface area contributed by atoms with Crippen LogP contribution in [0.5, 0.6) is 17.2 Å². The second kappa shape index (κ2) is 9.95. The van der Waals surface area contributed by atoms with E-state index in [0.29, 0.717) is 24.9 Å². The average Bonchev–Trinajstić information content (AvgIpc) is 3.40. The number of hydrogen-bond donors (Lipinski definition) is 1. The van der Waals surface area contributed by atoms with E-state index in [1.807, 2.05) is 60.9 Å². The number of ether oxygens (including phenoxy) is 3. The Morgan fingerprint density at radius 1 is 1.28 bits per heavy atom. The lowest BCUT2D eigenvalue weighted by molar-refractivity contribution is -0.119. The standard InChI is InChI=1S/C23H26N4O4S/c1-4-27-21(13-31-19-8-6-5-7-15(19)2)25-26-23(27)32-14-22(28)24-18-12-30-20-10-9-16(29-3)11-17(18)20/h5-11,18H,4,12-14H2,1-3H3,(H,24,28)/t18-/m0/s1. The first kappa shape index (κ1) is 22.0. The van der Waals surface area contributed by atoms with Gasteiger partial charge in [-0.2, -0.15) is 0 Å². The van der Waals surface area contributed by atoms with Crippen molar-refractivity contribution in [1.29, 1.82) is 0 Å². The number of fused-ring (bicyclic) bond motifs is 1. The van der Waals surface area contributed by atoms with Crippen molar-refractivity contribution in [1.82, 2.24) is 20.1 Å². The molecular weight excluding hydrogens is 428 g/mol. The number of benzene rings is 2. The van der Waals surface area contributed by atoms with Crippen LogP contribution in [0, 0.1) is 6.92 Å². The quantitative estimate of drug-likeness (QED) is 0.495. The van der Waals surface area contributed by atoms with Crippen LogP contribution in [0.3, 0.4) is 0 Å². The molecule has 2 heterocycles. The summed E-state index contributed by atoms with van der Waals surface area (Å²) < 4.78 is 18.8. The Bertz CT molecular complexity index is 1100. The van der Waals surface area contributed by atoms with Gasteiger partial charge in [-0.25, -0.2) is 0 Å². The van der Waals surface area contributed by atoms with Crippen LogP contribution >= 0.6 is 11.8 Å². The van der Waals surface area contributed by atoms with Gasteiger partial charge in [0.2, 0.25) is 5.91 Å². The van der Waals surface area contributed by atoms with E-state index in [0.717, 1.165) is 34.2 Å². The zero-order chi connectivity index (χ0) is 22.5. The fourth-order valence-electron chi connectivity index (χ4n) is 3.52. The number of hydrogen-bond acceptors (Lipinski definition) is 7. The maximum Gasteiger partial charge on any atom is 0.231 e. The van der Waals surface area contributed by atoms with Gasteiger partial charge in [0.15, 0.2) is 11.0 Å². The Morgan fingerprint density at radius 3 is 2.91 bits per heavy atom. The summed E-state index contributed by atoms with van der Waals surface area (Å²) in [5.41, 5.74) is 1.99. The van der Waals surface area contributed by atoms with E-state index in [1.165, 1.54) is 11.8 Å². The molecule has 9 heteroatoms. The van der Waals surface area contributed by atoms with Gasteiger partial charge in [-0.1, -0.05) is 30.0 Å². The highest BCUT2D eigenvalue weighted by atomic mass is 32.2. The number of carbonyl (C=O) groups excluding carboxylic acids is 1. The summed E-state index contributed by atoms with van der Waals surface area (Å²) in [5.74, 6) is 3.19. The van der Waals surface area contributed by atoms with Gasteiger partial charge in [0.05, 0.1) is 18.9 Å². The van der Waals surface area contributed by atoms with Crippen molar-refractivity contribution in [2.24, 2.45) is 0 Å². The minimum absolute atomic E-state index is 0.0948. The third kappa shape index (κ3) is 4.83. The molecule has 0 fully saturated rings. The highest BCUT2D eigenvalue weighted by Crippen LogP contribution is 2.35. The number of thioether (sulfide) groups is 1. The van der Waals surface area contributed by atoms with Gasteiger partial charge in [0.25, 0.3) is 0 Å². The summed E-state index contributed by atoms with van der Waals surface area (Å²) in [7, 11) is 1.62. The normalized spacial score (nSPS) is 14.5. The minimum Gasteiger partial charge on any atom is -0.497 e. The fourth-order valence-corrected chi connectivity index (χ4v) is 4.35. The Hall–Kier alpha value is -3.20. The molecule has 4 rings (SSSR count). The molecule has 168 valence electrons. The van der Waals surface area contributed by atoms with E-state index in [-0.39, 0.29) is 17.7 Å². The first-order valence-corrected chi connectivity index (χ1v) is 11.4. The number of nitrogens with zero attached hydrogens (tertiary/aromatic N) is 3. The summed E-state index contributed by atoms with van der Waals surface area (Å²) in [4.78, 5) is 12.6. The SMILES string of the molecule is CCn1c(COc2ccccc2C)nnc1SCC(=O)N[C@H]1COc2ccc(OC)cc21. The molecule has 1 aliphatic heterocycles. The van der Waals surface area contributed by atoms with Gasteiger partial charge in [0, 0.05) is 12.1 Å². The lowest BCUT2D eigenvalue weighted by Crippen LogP contribution is -2.30. The van der Waals surface area contributed by atoms with Crippen molar-refractivity contribution in [3.63, 3.8) is 0 Å². The zero-order valence-corrected chi connectivity index (χ0v) is 19.1. The van der Waals surface area contributed by atoms with Gasteiger partial charge >= 0.3 is 0 Å². The summed E-state index contributed by atoms with van der Waals surface area (Å²) in [6, 6.07) is 13.3. The topological polar surface area (TPSA) is 87.5 Å². The lowest BCUT2D eigenvalue weighted by atomic mass is 10.1. The number of nitrogens with one attached hydrogen (secondary N) is 1. The number of rotatable bonds is 9. The van der Waals surface area contributed by atoms with Crippen molar-refractivity contribution in [3.8, 4) is 17.2 Å². The summed E-state index contributed by atoms with van der Waals surface area (Å²) >= 11 is 1.35. The second-order valence-electron chi connectivity index (χ2n) is 7.32. The fraction of sp³-hybridized carbons (Fsp3) is 0.348. The molecule has 0 spiro atoms. The van der Waals surface area contributed by atoms with E-state index < -0.39 is 0 Å². The molecule has 32 heavy (non-hydrogen) atoms. The van der Waals surface area contributed by atoms with Gasteiger partial charge in [-0.3, -0.25) is 4.79 Å². The predicted molar refractivity (Wildman–Crippen MR) is 121 cm³/mol. The van der Waals surface area contributed by atoms with Crippen LogP contribution in [0.25, 0.3) is 0 Å². The maximum absolute atomic E-state index is 12.6. The van der Waals surface area contributed by atoms with Crippen LogP contribution in [0.2, 0.25) is 0 Å². The monoisotopic (exact) mass is 454 g/mol. The molecule has 8 nitrogen and oxygen atoms in total. The van der Waals surface area contributed by atoms with E-state index in [2.05, 4.69) is 15.5 Å². The van der Waals surface area contributed by atoms with Gasteiger partial charge in [-0.15, -0.1) is 10.2 Å². The van der Waals surface area contributed by atoms with Crippen LogP contribution in [0.1, 0.15) is 29.9 Å². The molecule has 1 aromatic heterocycles. The van der Waals surface area contributed by atoms with Gasteiger partial charge < -0.3 is 24.1 Å². The zero-order valence-electron chi connectivity index (χ0n) is 18.3. The van der Waals surface area contributed by atoms with Crippen LogP contribution in [0.15, 0.2) is 47.6 Å². The van der Waals surface area contributed by atoms with Crippen LogP contribution < -0.4 is 19.5 Å². The summed E-state index contributed by atoms with van der Waals surface area (Å²) in [6.45, 7) is 5.43. The molecule has 1 N–H and O–H groups in total. The number of carbonyl (C=O) groups is 1. The number of aryl methyl sites for hydroxylation is 1. The highest BCUT2D eigenvalue weighted by molar-refractivity contribution is 7.99. The smallest absolute Gasteiger partial charge is 0.231 e. The molecular formula is C23H26N4O4S. The largest absolute Gasteiger partial charge is 0.497 e. The molecule has 0 saturated heterocycles. The average molecular weight is 455 g/mol. The molecule has 3 aromatic rings. The molecule has 1 atom stereocenters. The second-order valence-corrected chi connectivity index (χ2v) is 8.26. The first-order chi connectivity index (χ1) is 15.6. The maximum atomic E-state index is 12.6. The summed E-state index contributed by atoms with van der Waals surface area (Å²) in [6.07, 6.45) is 0. The third-order valence-electron chi connectivity index (χ3n) is 5.23. The Balaban J connectivity index is 1.34. The molecule has 2 aromatic carbocycles. The Morgan fingerprint density at radius 2 is 2.12 bits per heavy atom. The number of methoxy groups -OCH3 is 1. The molecule has 0 aliphatic carbocycles. The van der Waals surface area contributed by atoms with E-state index in [1.54, 1.807) is 7.11 Å². The van der Waals surface area contributed by atoms with Crippen molar-refractivity contribution in [2.45, 2.75) is 38.2 Å². The van der Waals surface area contributed by atoms with Crippen LogP contribution in [0.4, 0.5) is 0 Å². The van der Waals surface area contributed by atoms with E-state index >= 15 is 0 Å². The van der Waals surface area contributed by atoms with Crippen LogP contribution in [-0.2, 0) is 17.9 Å². The van der Waals surface area contributed by atoms with Crippen molar-refractivity contribution >= 4 is 17.7 Å². The Labute approximate surface area is 191 Å². The summed E-state index contributed by atoms with van der Waals surface area (Å²) in [5, 5.41) is 12.2. The molecule has 0 bridgehead atoms. The molecule has 1 amide bonds. The van der Waals surface area contributed by atoms with Gasteiger partial charge in [0.1, 0.15) is 30.5 Å². The lowest BCUT2D eigenvalue weighted by Gasteiger charge is -2.13. The molecule has 1 aliphatic rings. The third-order valence-corrected chi connectivity index (χ3v) is 6.19. The number of para-hydroxylation sites is 1. The number of amides is 1. The molecule has 0 unspecified atom stereocenters. The Kier molecular flexibility index (Phi) is 6.84.